The zero-order chi connectivity index (χ0) is 21.2. The summed E-state index contributed by atoms with van der Waals surface area (Å²) in [6.45, 7) is 8.89. The van der Waals surface area contributed by atoms with Crippen LogP contribution in [-0.2, 0) is 10.2 Å². The first kappa shape index (κ1) is 21.3. The SMILES string of the molecule is Cc1cccc(C)c1OCCCC(=O)NCC1(c2ccc(F)cc2F)CC1(C)C. The van der Waals surface area contributed by atoms with Crippen molar-refractivity contribution in [2.24, 2.45) is 5.41 Å². The number of amides is 1. The molecule has 1 aliphatic carbocycles. The molecule has 2 aromatic rings. The fourth-order valence-corrected chi connectivity index (χ4v) is 4.22. The fourth-order valence-electron chi connectivity index (χ4n) is 4.22. The normalized spacial score (nSPS) is 19.7. The van der Waals surface area contributed by atoms with Crippen LogP contribution in [0.15, 0.2) is 36.4 Å². The largest absolute Gasteiger partial charge is 0.493 e. The van der Waals surface area contributed by atoms with E-state index >= 15 is 0 Å². The minimum Gasteiger partial charge on any atom is -0.493 e. The monoisotopic (exact) mass is 401 g/mol. The lowest BCUT2D eigenvalue weighted by atomic mass is 9.87. The van der Waals surface area contributed by atoms with Crippen LogP contribution in [-0.4, -0.2) is 19.1 Å². The van der Waals surface area contributed by atoms with E-state index in [4.69, 9.17) is 4.74 Å². The van der Waals surface area contributed by atoms with Crippen molar-refractivity contribution in [3.8, 4) is 5.75 Å². The third kappa shape index (κ3) is 4.44. The molecule has 3 rings (SSSR count). The molecule has 1 fully saturated rings. The van der Waals surface area contributed by atoms with E-state index in [9.17, 15) is 13.6 Å². The minimum atomic E-state index is -0.590. The molecule has 0 aliphatic heterocycles. The molecule has 1 unspecified atom stereocenters. The van der Waals surface area contributed by atoms with E-state index in [1.165, 1.54) is 12.1 Å². The van der Waals surface area contributed by atoms with Gasteiger partial charge >= 0.3 is 0 Å². The van der Waals surface area contributed by atoms with Crippen molar-refractivity contribution in [2.45, 2.75) is 52.4 Å². The van der Waals surface area contributed by atoms with Gasteiger partial charge in [-0.2, -0.15) is 0 Å². The van der Waals surface area contributed by atoms with Gasteiger partial charge in [0.05, 0.1) is 6.61 Å². The van der Waals surface area contributed by atoms with E-state index in [0.29, 0.717) is 31.6 Å². The van der Waals surface area contributed by atoms with Gasteiger partial charge in [0.25, 0.3) is 0 Å². The average Bonchev–Trinajstić information content (AvgIpc) is 3.20. The molecule has 0 saturated heterocycles. The number of hydrogen-bond acceptors (Lipinski definition) is 2. The molecule has 1 saturated carbocycles. The standard InChI is InChI=1S/C24H29F2NO2/c1-16-7-5-8-17(2)22(16)29-12-6-9-21(28)27-15-24(14-23(24,3)4)19-11-10-18(25)13-20(19)26/h5,7-8,10-11,13H,6,9,12,14-15H2,1-4H3,(H,27,28). The number of para-hydroxylation sites is 1. The Balaban J connectivity index is 1.52. The number of benzene rings is 2. The fraction of sp³-hybridized carbons (Fsp3) is 0.458. The van der Waals surface area contributed by atoms with Gasteiger partial charge in [-0.1, -0.05) is 38.1 Å². The van der Waals surface area contributed by atoms with Crippen LogP contribution >= 0.6 is 0 Å². The Morgan fingerprint density at radius 1 is 1.14 bits per heavy atom. The molecular formula is C24H29F2NO2. The van der Waals surface area contributed by atoms with Crippen LogP contribution in [0.25, 0.3) is 0 Å². The van der Waals surface area contributed by atoms with Gasteiger partial charge in [0, 0.05) is 24.4 Å². The Morgan fingerprint density at radius 2 is 1.79 bits per heavy atom. The van der Waals surface area contributed by atoms with Crippen LogP contribution in [0, 0.1) is 30.9 Å². The zero-order valence-corrected chi connectivity index (χ0v) is 17.6. The molecule has 3 nitrogen and oxygen atoms in total. The molecule has 0 bridgehead atoms. The highest BCUT2D eigenvalue weighted by atomic mass is 19.1. The summed E-state index contributed by atoms with van der Waals surface area (Å²) in [5.41, 5.74) is 1.99. The van der Waals surface area contributed by atoms with E-state index in [0.717, 1.165) is 29.4 Å². The highest BCUT2D eigenvalue weighted by Crippen LogP contribution is 2.64. The van der Waals surface area contributed by atoms with Crippen LogP contribution in [0.1, 0.15) is 49.8 Å². The van der Waals surface area contributed by atoms with Gasteiger partial charge in [-0.15, -0.1) is 0 Å². The molecule has 0 heterocycles. The summed E-state index contributed by atoms with van der Waals surface area (Å²) >= 11 is 0. The summed E-state index contributed by atoms with van der Waals surface area (Å²) in [6, 6.07) is 9.69. The molecule has 1 N–H and O–H groups in total. The Kier molecular flexibility index (Phi) is 5.97. The molecule has 0 aromatic heterocycles. The van der Waals surface area contributed by atoms with Crippen LogP contribution in [0.2, 0.25) is 0 Å². The number of hydrogen-bond donors (Lipinski definition) is 1. The number of nitrogens with one attached hydrogen (secondary N) is 1. The maximum Gasteiger partial charge on any atom is 0.220 e. The van der Waals surface area contributed by atoms with E-state index in [1.807, 2.05) is 45.9 Å². The molecule has 29 heavy (non-hydrogen) atoms. The number of halogens is 2. The third-order valence-corrected chi connectivity index (χ3v) is 6.15. The molecule has 1 atom stereocenters. The van der Waals surface area contributed by atoms with Crippen molar-refractivity contribution < 1.29 is 18.3 Å². The molecule has 0 radical (unpaired) electrons. The molecular weight excluding hydrogens is 372 g/mol. The van der Waals surface area contributed by atoms with Crippen LogP contribution in [0.5, 0.6) is 5.75 Å². The third-order valence-electron chi connectivity index (χ3n) is 6.15. The summed E-state index contributed by atoms with van der Waals surface area (Å²) in [6.07, 6.45) is 1.69. The van der Waals surface area contributed by atoms with Crippen molar-refractivity contribution in [2.75, 3.05) is 13.2 Å². The molecule has 1 aliphatic rings. The number of carbonyl (C=O) groups excluding carboxylic acids is 1. The first-order valence-corrected chi connectivity index (χ1v) is 10.1. The summed E-state index contributed by atoms with van der Waals surface area (Å²) in [4.78, 5) is 12.3. The van der Waals surface area contributed by atoms with Crippen molar-refractivity contribution >= 4 is 5.91 Å². The Morgan fingerprint density at radius 3 is 2.38 bits per heavy atom. The van der Waals surface area contributed by atoms with Gasteiger partial charge in [0.1, 0.15) is 17.4 Å². The Hall–Kier alpha value is -2.43. The van der Waals surface area contributed by atoms with Gasteiger partial charge in [0.15, 0.2) is 0 Å². The molecule has 0 spiro atoms. The average molecular weight is 401 g/mol. The molecule has 2 aromatic carbocycles. The summed E-state index contributed by atoms with van der Waals surface area (Å²) in [5, 5.41) is 2.95. The Labute approximate surface area is 171 Å². The summed E-state index contributed by atoms with van der Waals surface area (Å²) in [7, 11) is 0. The lowest BCUT2D eigenvalue weighted by Gasteiger charge is -2.22. The molecule has 1 amide bonds. The van der Waals surface area contributed by atoms with Gasteiger partial charge < -0.3 is 10.1 Å². The predicted octanol–water partition coefficient (Wildman–Crippen LogP) is 5.22. The van der Waals surface area contributed by atoms with Crippen LogP contribution < -0.4 is 10.1 Å². The second-order valence-electron chi connectivity index (χ2n) is 8.72. The van der Waals surface area contributed by atoms with Gasteiger partial charge in [0.2, 0.25) is 5.91 Å². The number of aryl methyl sites for hydroxylation is 2. The van der Waals surface area contributed by atoms with Crippen molar-refractivity contribution in [1.82, 2.24) is 5.32 Å². The van der Waals surface area contributed by atoms with E-state index in [1.54, 1.807) is 0 Å². The minimum absolute atomic E-state index is 0.0836. The summed E-state index contributed by atoms with van der Waals surface area (Å²) < 4.78 is 33.5. The van der Waals surface area contributed by atoms with Crippen molar-refractivity contribution in [3.63, 3.8) is 0 Å². The molecule has 156 valence electrons. The quantitative estimate of drug-likeness (QED) is 0.616. The zero-order valence-electron chi connectivity index (χ0n) is 17.6. The first-order chi connectivity index (χ1) is 13.7. The second kappa shape index (κ2) is 8.13. The van der Waals surface area contributed by atoms with Crippen molar-refractivity contribution in [1.29, 1.82) is 0 Å². The number of carbonyl (C=O) groups is 1. The predicted molar refractivity (Wildman–Crippen MR) is 110 cm³/mol. The number of ether oxygens (including phenoxy) is 1. The molecule has 5 heteroatoms. The van der Waals surface area contributed by atoms with Crippen LogP contribution in [0.4, 0.5) is 8.78 Å². The van der Waals surface area contributed by atoms with E-state index in [2.05, 4.69) is 5.32 Å². The lowest BCUT2D eigenvalue weighted by molar-refractivity contribution is -0.121. The van der Waals surface area contributed by atoms with Crippen LogP contribution in [0.3, 0.4) is 0 Å². The topological polar surface area (TPSA) is 38.3 Å². The Bertz CT molecular complexity index is 889. The maximum absolute atomic E-state index is 14.4. The van der Waals surface area contributed by atoms with Gasteiger partial charge in [-0.3, -0.25) is 4.79 Å². The number of rotatable bonds is 8. The lowest BCUT2D eigenvalue weighted by Crippen LogP contribution is -2.35. The van der Waals surface area contributed by atoms with Gasteiger partial charge in [-0.25, -0.2) is 8.78 Å². The highest BCUT2D eigenvalue weighted by molar-refractivity contribution is 5.76. The van der Waals surface area contributed by atoms with Crippen molar-refractivity contribution in [3.05, 3.63) is 64.7 Å². The smallest absolute Gasteiger partial charge is 0.220 e. The first-order valence-electron chi connectivity index (χ1n) is 10.1. The summed E-state index contributed by atoms with van der Waals surface area (Å²) in [5.74, 6) is -0.349. The van der Waals surface area contributed by atoms with Gasteiger partial charge in [-0.05, 0) is 54.9 Å². The van der Waals surface area contributed by atoms with E-state index < -0.39 is 17.0 Å². The maximum atomic E-state index is 14.4. The van der Waals surface area contributed by atoms with E-state index in [-0.39, 0.29) is 11.3 Å². The highest BCUT2D eigenvalue weighted by Gasteiger charge is 2.62. The second-order valence-corrected chi connectivity index (χ2v) is 8.72.